The van der Waals surface area contributed by atoms with E-state index in [2.05, 4.69) is 54.2 Å². The lowest BCUT2D eigenvalue weighted by atomic mass is 9.60. The predicted octanol–water partition coefficient (Wildman–Crippen LogP) is 5.13. The predicted molar refractivity (Wildman–Crippen MR) is 161 cm³/mol. The molecular weight excluding hydrogens is 510 g/mol. The first-order valence-electron chi connectivity index (χ1n) is 14.0. The highest BCUT2D eigenvalue weighted by atomic mass is 35.5. The van der Waals surface area contributed by atoms with Gasteiger partial charge in [0.15, 0.2) is 5.82 Å². The van der Waals surface area contributed by atoms with Gasteiger partial charge in [-0.05, 0) is 64.8 Å². The number of rotatable bonds is 7. The lowest BCUT2D eigenvalue weighted by molar-refractivity contribution is -0.149. The van der Waals surface area contributed by atoms with Crippen LogP contribution in [0, 0.1) is 24.7 Å². The van der Waals surface area contributed by atoms with E-state index >= 15 is 0 Å². The number of halogens is 1. The Kier molecular flexibility index (Phi) is 7.08. The molecule has 9 heteroatoms. The number of aromatic nitrogens is 2. The van der Waals surface area contributed by atoms with Crippen LogP contribution in [0.5, 0.6) is 0 Å². The summed E-state index contributed by atoms with van der Waals surface area (Å²) in [6.45, 7) is 16.8. The topological polar surface area (TPSA) is 80.5 Å². The van der Waals surface area contributed by atoms with Gasteiger partial charge in [-0.3, -0.25) is 9.48 Å². The fraction of sp³-hybridized carbons (Fsp3) is 0.567. The average Bonchev–Trinajstić information content (AvgIpc) is 3.19. The SMILES string of the molecule is C=CC(=O)N1CC2(CC(n3nc(N4CCN(C)C[C@]4(C)CC)c(-c4c(Cl)c(C)cc(NC)c4C=N)c3C)C2)C1. The molecule has 39 heavy (non-hydrogen) atoms. The Morgan fingerprint density at radius 3 is 2.54 bits per heavy atom. The van der Waals surface area contributed by atoms with Gasteiger partial charge in [0.25, 0.3) is 0 Å². The lowest BCUT2D eigenvalue weighted by Gasteiger charge is -2.58. The minimum Gasteiger partial charge on any atom is -0.388 e. The number of likely N-dealkylation sites (tertiary alicyclic amines) is 1. The van der Waals surface area contributed by atoms with Gasteiger partial charge >= 0.3 is 0 Å². The molecule has 3 heterocycles. The Morgan fingerprint density at radius 1 is 1.26 bits per heavy atom. The third kappa shape index (κ3) is 4.36. The number of hydrogen-bond donors (Lipinski definition) is 2. The third-order valence-corrected chi connectivity index (χ3v) is 9.98. The number of hydrogen-bond acceptors (Lipinski definition) is 6. The summed E-state index contributed by atoms with van der Waals surface area (Å²) in [7, 11) is 4.07. The second-order valence-corrected chi connectivity index (χ2v) is 12.5. The van der Waals surface area contributed by atoms with Crippen molar-refractivity contribution in [3.63, 3.8) is 0 Å². The van der Waals surface area contributed by atoms with Crippen LogP contribution in [0.15, 0.2) is 18.7 Å². The summed E-state index contributed by atoms with van der Waals surface area (Å²) in [5, 5.41) is 17.7. The van der Waals surface area contributed by atoms with Crippen molar-refractivity contribution in [1.82, 2.24) is 19.6 Å². The Balaban J connectivity index is 1.62. The summed E-state index contributed by atoms with van der Waals surface area (Å²) < 4.78 is 2.22. The van der Waals surface area contributed by atoms with Crippen LogP contribution >= 0.6 is 11.6 Å². The fourth-order valence-corrected chi connectivity index (χ4v) is 7.37. The van der Waals surface area contributed by atoms with Crippen LogP contribution in [0.1, 0.15) is 56.0 Å². The maximum atomic E-state index is 12.0. The Labute approximate surface area is 237 Å². The van der Waals surface area contributed by atoms with Crippen molar-refractivity contribution in [2.45, 2.75) is 58.5 Å². The molecule has 0 bridgehead atoms. The summed E-state index contributed by atoms with van der Waals surface area (Å²) in [4.78, 5) is 18.8. The highest BCUT2D eigenvalue weighted by Crippen LogP contribution is 2.55. The average molecular weight is 552 g/mol. The van der Waals surface area contributed by atoms with E-state index in [1.54, 1.807) is 0 Å². The highest BCUT2D eigenvalue weighted by molar-refractivity contribution is 6.35. The molecule has 3 aliphatic rings. The molecule has 0 unspecified atom stereocenters. The van der Waals surface area contributed by atoms with E-state index in [1.165, 1.54) is 12.3 Å². The number of nitrogens with zero attached hydrogens (tertiary/aromatic N) is 5. The van der Waals surface area contributed by atoms with Gasteiger partial charge < -0.3 is 25.4 Å². The van der Waals surface area contributed by atoms with Crippen LogP contribution in [0.4, 0.5) is 11.5 Å². The van der Waals surface area contributed by atoms with Gasteiger partial charge in [0.05, 0.1) is 16.6 Å². The van der Waals surface area contributed by atoms with Crippen LogP contribution in [0.3, 0.4) is 0 Å². The Hall–Kier alpha value is -2.84. The van der Waals surface area contributed by atoms with Crippen LogP contribution in [-0.2, 0) is 4.79 Å². The second-order valence-electron chi connectivity index (χ2n) is 12.2. The zero-order valence-electron chi connectivity index (χ0n) is 24.2. The summed E-state index contributed by atoms with van der Waals surface area (Å²) in [5.41, 5.74) is 5.74. The fourth-order valence-electron chi connectivity index (χ4n) is 7.12. The second kappa shape index (κ2) is 9.97. The van der Waals surface area contributed by atoms with Crippen LogP contribution < -0.4 is 10.2 Å². The van der Waals surface area contributed by atoms with Crippen LogP contribution in [-0.4, -0.2) is 84.1 Å². The van der Waals surface area contributed by atoms with Crippen molar-refractivity contribution in [1.29, 1.82) is 5.41 Å². The van der Waals surface area contributed by atoms with Crippen molar-refractivity contribution >= 4 is 35.2 Å². The largest absolute Gasteiger partial charge is 0.388 e. The molecule has 1 aromatic carbocycles. The van der Waals surface area contributed by atoms with Gasteiger partial charge in [-0.15, -0.1) is 0 Å². The number of aryl methyl sites for hydroxylation is 1. The monoisotopic (exact) mass is 551 g/mol. The molecule has 0 radical (unpaired) electrons. The maximum Gasteiger partial charge on any atom is 0.245 e. The van der Waals surface area contributed by atoms with E-state index in [0.29, 0.717) is 5.02 Å². The number of nitrogens with one attached hydrogen (secondary N) is 2. The van der Waals surface area contributed by atoms with E-state index in [4.69, 9.17) is 22.1 Å². The number of piperazine rings is 1. The molecule has 1 saturated carbocycles. The Morgan fingerprint density at radius 2 is 1.95 bits per heavy atom. The molecule has 1 spiro atoms. The molecule has 1 aromatic heterocycles. The first-order chi connectivity index (χ1) is 18.5. The van der Waals surface area contributed by atoms with E-state index in [1.807, 2.05) is 24.9 Å². The summed E-state index contributed by atoms with van der Waals surface area (Å²) in [6, 6.07) is 2.29. The van der Waals surface area contributed by atoms with Gasteiger partial charge in [-0.25, -0.2) is 0 Å². The van der Waals surface area contributed by atoms with Gasteiger partial charge in [-0.2, -0.15) is 5.10 Å². The zero-order chi connectivity index (χ0) is 28.3. The minimum atomic E-state index is -0.0826. The summed E-state index contributed by atoms with van der Waals surface area (Å²) >= 11 is 7.08. The smallest absolute Gasteiger partial charge is 0.245 e. The molecule has 2 N–H and O–H groups in total. The van der Waals surface area contributed by atoms with Gasteiger partial charge in [0, 0.05) is 79.5 Å². The van der Waals surface area contributed by atoms with Crippen LogP contribution in [0.25, 0.3) is 11.1 Å². The zero-order valence-corrected chi connectivity index (χ0v) is 25.0. The molecule has 5 rings (SSSR count). The highest BCUT2D eigenvalue weighted by Gasteiger charge is 2.54. The molecule has 2 aromatic rings. The summed E-state index contributed by atoms with van der Waals surface area (Å²) in [6.07, 6.45) is 5.82. The van der Waals surface area contributed by atoms with E-state index in [0.717, 1.165) is 91.4 Å². The molecule has 1 atom stereocenters. The first kappa shape index (κ1) is 27.7. The molecule has 3 fully saturated rings. The normalized spacial score (nSPS) is 22.9. The van der Waals surface area contributed by atoms with E-state index in [9.17, 15) is 4.79 Å². The molecular formula is C30H42ClN7O. The number of benzene rings is 1. The van der Waals surface area contributed by atoms with Crippen molar-refractivity contribution in [2.24, 2.45) is 5.41 Å². The van der Waals surface area contributed by atoms with Crippen molar-refractivity contribution in [3.8, 4) is 11.1 Å². The number of carbonyl (C=O) groups is 1. The van der Waals surface area contributed by atoms with Gasteiger partial charge in [-0.1, -0.05) is 25.1 Å². The van der Waals surface area contributed by atoms with Gasteiger partial charge in [0.1, 0.15) is 0 Å². The molecule has 8 nitrogen and oxygen atoms in total. The number of likely N-dealkylation sites (N-methyl/N-ethyl adjacent to an activating group) is 1. The standard InChI is InChI=1S/C30H42ClN7O/c1-8-24(39)36-17-30(18-36)13-21(14-30)38-20(4)25(26-22(15-32)23(33-6)12-19(3)27(26)31)28(34-38)37-11-10-35(7)16-29(37,5)9-2/h8,12,15,21,32-33H,1,9-11,13-14,16-18H2,2-7H3/t29-/m0/s1. The van der Waals surface area contributed by atoms with Crippen LogP contribution in [0.2, 0.25) is 5.02 Å². The quantitative estimate of drug-likeness (QED) is 0.368. The summed E-state index contributed by atoms with van der Waals surface area (Å²) in [5.74, 6) is 0.979. The van der Waals surface area contributed by atoms with Gasteiger partial charge in [0.2, 0.25) is 5.91 Å². The van der Waals surface area contributed by atoms with E-state index < -0.39 is 0 Å². The van der Waals surface area contributed by atoms with Crippen molar-refractivity contribution in [2.75, 3.05) is 57.0 Å². The first-order valence-corrected chi connectivity index (χ1v) is 14.4. The molecule has 1 aliphatic carbocycles. The number of carbonyl (C=O) groups excluding carboxylic acids is 1. The Bertz CT molecular complexity index is 1320. The molecule has 2 aliphatic heterocycles. The van der Waals surface area contributed by atoms with E-state index in [-0.39, 0.29) is 22.9 Å². The minimum absolute atomic E-state index is 0.0198. The van der Waals surface area contributed by atoms with Crippen molar-refractivity contribution in [3.05, 3.63) is 40.6 Å². The lowest BCUT2D eigenvalue weighted by Crippen LogP contribution is -2.63. The molecule has 1 amide bonds. The molecule has 2 saturated heterocycles. The maximum absolute atomic E-state index is 12.0. The number of anilines is 2. The van der Waals surface area contributed by atoms with Crippen molar-refractivity contribution < 1.29 is 4.79 Å². The third-order valence-electron chi connectivity index (χ3n) is 9.49. The number of amides is 1. The molecule has 210 valence electrons.